The second-order valence-electron chi connectivity index (χ2n) is 5.48. The average molecular weight is 249 g/mol. The highest BCUT2D eigenvalue weighted by molar-refractivity contribution is 7.07. The Bertz CT molecular complexity index is 366. The quantitative estimate of drug-likeness (QED) is 0.780. The van der Waals surface area contributed by atoms with Crippen LogP contribution in [0.4, 0.5) is 0 Å². The summed E-state index contributed by atoms with van der Waals surface area (Å²) in [6, 6.07) is 2.71. The summed E-state index contributed by atoms with van der Waals surface area (Å²) < 4.78 is 0. The summed E-state index contributed by atoms with van der Waals surface area (Å²) in [5.41, 5.74) is 2.99. The number of nitrogens with one attached hydrogen (secondary N) is 1. The monoisotopic (exact) mass is 249 g/mol. The van der Waals surface area contributed by atoms with Crippen molar-refractivity contribution < 1.29 is 0 Å². The minimum atomic E-state index is 0.489. The van der Waals surface area contributed by atoms with E-state index in [1.165, 1.54) is 18.4 Å². The summed E-state index contributed by atoms with van der Waals surface area (Å²) in [6.07, 6.45) is 5.03. The van der Waals surface area contributed by atoms with Gasteiger partial charge in [0.15, 0.2) is 0 Å². The van der Waals surface area contributed by atoms with Gasteiger partial charge < -0.3 is 5.32 Å². The molecule has 0 saturated carbocycles. The van der Waals surface area contributed by atoms with Gasteiger partial charge in [0.25, 0.3) is 0 Å². The minimum absolute atomic E-state index is 0.489. The van der Waals surface area contributed by atoms with Crippen LogP contribution >= 0.6 is 11.3 Å². The van der Waals surface area contributed by atoms with Crippen molar-refractivity contribution in [2.24, 2.45) is 11.8 Å². The highest BCUT2D eigenvalue weighted by Gasteiger charge is 2.18. The molecule has 0 amide bonds. The van der Waals surface area contributed by atoms with Crippen molar-refractivity contribution >= 4 is 11.3 Å². The lowest BCUT2D eigenvalue weighted by Gasteiger charge is -2.27. The Labute approximate surface area is 109 Å². The number of thiophene rings is 1. The van der Waals surface area contributed by atoms with Gasteiger partial charge in [0.1, 0.15) is 0 Å². The van der Waals surface area contributed by atoms with Crippen molar-refractivity contribution in [3.8, 4) is 0 Å². The summed E-state index contributed by atoms with van der Waals surface area (Å²) in [7, 11) is 0. The molecule has 0 saturated heterocycles. The van der Waals surface area contributed by atoms with E-state index in [1.54, 1.807) is 16.9 Å². The Morgan fingerprint density at radius 2 is 2.35 bits per heavy atom. The van der Waals surface area contributed by atoms with Crippen molar-refractivity contribution in [3.63, 3.8) is 0 Å². The summed E-state index contributed by atoms with van der Waals surface area (Å²) in [5, 5.41) is 8.07. The van der Waals surface area contributed by atoms with Gasteiger partial charge in [0, 0.05) is 6.04 Å². The van der Waals surface area contributed by atoms with Gasteiger partial charge in [-0.1, -0.05) is 18.6 Å². The Morgan fingerprint density at radius 1 is 1.53 bits per heavy atom. The first-order valence-corrected chi connectivity index (χ1v) is 7.52. The minimum Gasteiger partial charge on any atom is -0.310 e. The lowest BCUT2D eigenvalue weighted by molar-refractivity contribution is 0.367. The SMILES string of the molecule is CC1=CC(C)CC(CNC(C)c2ccsc2)C1. The Balaban J connectivity index is 1.81. The molecule has 94 valence electrons. The third-order valence-electron chi connectivity index (χ3n) is 3.64. The fourth-order valence-electron chi connectivity index (χ4n) is 2.82. The van der Waals surface area contributed by atoms with Gasteiger partial charge in [-0.05, 0) is 67.5 Å². The molecule has 1 heterocycles. The number of allylic oxidation sites excluding steroid dienone is 2. The molecule has 3 atom stereocenters. The zero-order valence-corrected chi connectivity index (χ0v) is 11.9. The van der Waals surface area contributed by atoms with Gasteiger partial charge in [-0.2, -0.15) is 11.3 Å². The maximum atomic E-state index is 3.68. The zero-order valence-electron chi connectivity index (χ0n) is 11.1. The lowest BCUT2D eigenvalue weighted by Crippen LogP contribution is -2.28. The molecule has 0 bridgehead atoms. The van der Waals surface area contributed by atoms with E-state index in [-0.39, 0.29) is 0 Å². The molecular formula is C15H23NS. The molecule has 1 aromatic rings. The smallest absolute Gasteiger partial charge is 0.0300 e. The van der Waals surface area contributed by atoms with Crippen LogP contribution in [0.2, 0.25) is 0 Å². The van der Waals surface area contributed by atoms with Gasteiger partial charge in [-0.3, -0.25) is 0 Å². The van der Waals surface area contributed by atoms with Gasteiger partial charge in [0.2, 0.25) is 0 Å². The predicted octanol–water partition coefficient (Wildman–Crippen LogP) is 4.39. The first kappa shape index (κ1) is 12.8. The summed E-state index contributed by atoms with van der Waals surface area (Å²) in [5.74, 6) is 1.57. The van der Waals surface area contributed by atoms with E-state index in [1.807, 2.05) is 0 Å². The van der Waals surface area contributed by atoms with Crippen LogP contribution in [0.1, 0.15) is 45.2 Å². The van der Waals surface area contributed by atoms with Gasteiger partial charge in [0.05, 0.1) is 0 Å². The van der Waals surface area contributed by atoms with E-state index >= 15 is 0 Å². The van der Waals surface area contributed by atoms with E-state index in [2.05, 4.69) is 49.0 Å². The zero-order chi connectivity index (χ0) is 12.3. The molecule has 2 rings (SSSR count). The molecule has 3 unspecified atom stereocenters. The van der Waals surface area contributed by atoms with Gasteiger partial charge in [-0.25, -0.2) is 0 Å². The maximum Gasteiger partial charge on any atom is 0.0300 e. The van der Waals surface area contributed by atoms with Crippen LogP contribution in [0.3, 0.4) is 0 Å². The highest BCUT2D eigenvalue weighted by atomic mass is 32.1. The molecule has 1 N–H and O–H groups in total. The van der Waals surface area contributed by atoms with E-state index in [9.17, 15) is 0 Å². The fourth-order valence-corrected chi connectivity index (χ4v) is 3.58. The van der Waals surface area contributed by atoms with Crippen LogP contribution in [0, 0.1) is 11.8 Å². The highest BCUT2D eigenvalue weighted by Crippen LogP contribution is 2.28. The van der Waals surface area contributed by atoms with Crippen LogP contribution in [0.25, 0.3) is 0 Å². The maximum absolute atomic E-state index is 3.68. The van der Waals surface area contributed by atoms with E-state index in [4.69, 9.17) is 0 Å². The molecule has 0 radical (unpaired) electrons. The van der Waals surface area contributed by atoms with Crippen molar-refractivity contribution in [2.45, 2.75) is 39.7 Å². The third-order valence-corrected chi connectivity index (χ3v) is 4.34. The molecule has 0 aliphatic heterocycles. The van der Waals surface area contributed by atoms with Gasteiger partial charge >= 0.3 is 0 Å². The molecular weight excluding hydrogens is 226 g/mol. The molecule has 1 nitrogen and oxygen atoms in total. The van der Waals surface area contributed by atoms with Crippen molar-refractivity contribution in [1.29, 1.82) is 0 Å². The molecule has 1 aliphatic rings. The van der Waals surface area contributed by atoms with Crippen LogP contribution < -0.4 is 5.32 Å². The molecule has 2 heteroatoms. The second-order valence-corrected chi connectivity index (χ2v) is 6.26. The topological polar surface area (TPSA) is 12.0 Å². The summed E-state index contributed by atoms with van der Waals surface area (Å²) in [6.45, 7) is 8.01. The molecule has 1 aromatic heterocycles. The van der Waals surface area contributed by atoms with Crippen LogP contribution in [-0.2, 0) is 0 Å². The largest absolute Gasteiger partial charge is 0.310 e. The van der Waals surface area contributed by atoms with Crippen LogP contribution in [0.15, 0.2) is 28.5 Å². The van der Waals surface area contributed by atoms with Gasteiger partial charge in [-0.15, -0.1) is 0 Å². The summed E-state index contributed by atoms with van der Waals surface area (Å²) in [4.78, 5) is 0. The van der Waals surface area contributed by atoms with Crippen molar-refractivity contribution in [2.75, 3.05) is 6.54 Å². The first-order valence-electron chi connectivity index (χ1n) is 6.58. The van der Waals surface area contributed by atoms with E-state index in [0.717, 1.165) is 18.4 Å². The molecule has 0 fully saturated rings. The van der Waals surface area contributed by atoms with Crippen LogP contribution in [0.5, 0.6) is 0 Å². The third kappa shape index (κ3) is 3.68. The first-order chi connectivity index (χ1) is 8.15. The number of rotatable bonds is 4. The van der Waals surface area contributed by atoms with Crippen molar-refractivity contribution in [3.05, 3.63) is 34.0 Å². The standard InChI is InChI=1S/C15H23NS/c1-11-6-12(2)8-14(7-11)9-16-13(3)15-4-5-17-10-15/h4-6,10-11,13-14,16H,7-9H2,1-3H3. The number of hydrogen-bond donors (Lipinski definition) is 1. The Kier molecular flexibility index (Phi) is 4.41. The molecule has 1 aliphatic carbocycles. The lowest BCUT2D eigenvalue weighted by atomic mass is 9.83. The van der Waals surface area contributed by atoms with Crippen molar-refractivity contribution in [1.82, 2.24) is 5.32 Å². The fraction of sp³-hybridized carbons (Fsp3) is 0.600. The number of hydrogen-bond acceptors (Lipinski definition) is 2. The predicted molar refractivity (Wildman–Crippen MR) is 76.4 cm³/mol. The second kappa shape index (κ2) is 5.83. The normalized spacial score (nSPS) is 26.6. The Hall–Kier alpha value is -0.600. The van der Waals surface area contributed by atoms with Crippen LogP contribution in [-0.4, -0.2) is 6.54 Å². The summed E-state index contributed by atoms with van der Waals surface area (Å²) >= 11 is 1.78. The molecule has 17 heavy (non-hydrogen) atoms. The molecule has 0 aromatic carbocycles. The van der Waals surface area contributed by atoms with E-state index < -0.39 is 0 Å². The van der Waals surface area contributed by atoms with E-state index in [0.29, 0.717) is 6.04 Å². The molecule has 0 spiro atoms. The average Bonchev–Trinajstić information content (AvgIpc) is 2.78. The Morgan fingerprint density at radius 3 is 3.00 bits per heavy atom.